The van der Waals surface area contributed by atoms with E-state index in [1.807, 2.05) is 178 Å². The van der Waals surface area contributed by atoms with Gasteiger partial charge in [0.1, 0.15) is 29.9 Å². The van der Waals surface area contributed by atoms with Crippen LogP contribution in [0.5, 0.6) is 5.75 Å². The summed E-state index contributed by atoms with van der Waals surface area (Å²) in [6, 6.07) is 26.9. The molecule has 150 heavy (non-hydrogen) atoms. The van der Waals surface area contributed by atoms with Crippen LogP contribution in [0.3, 0.4) is 0 Å². The van der Waals surface area contributed by atoms with Crippen LogP contribution in [0.15, 0.2) is 95.4 Å². The third-order valence-corrected chi connectivity index (χ3v) is 34.2. The zero-order chi connectivity index (χ0) is 118. The van der Waals surface area contributed by atoms with Gasteiger partial charge in [0.25, 0.3) is 0 Å². The predicted octanol–water partition coefficient (Wildman–Crippen LogP) is 15.0. The molecule has 5 unspecified atom stereocenters. The number of nitrogens with zero attached hydrogens (tertiary/aromatic N) is 1. The fourth-order valence-electron chi connectivity index (χ4n) is 8.27. The Kier molecular flexibility index (Phi) is 104. The first-order valence-corrected chi connectivity index (χ1v) is 62.7. The van der Waals surface area contributed by atoms with Crippen LogP contribution in [-0.2, 0) is 151 Å². The fraction of sp³-hybridized carbons (Fsp3) is 0.753. The van der Waals surface area contributed by atoms with Crippen molar-refractivity contribution in [1.82, 2.24) is 15.4 Å². The fourth-order valence-corrected chi connectivity index (χ4v) is 19.0. The number of nitrogens with two attached hydrogens (primary N) is 4. The maximum absolute atomic E-state index is 13.0. The molecule has 0 aromatic heterocycles. The maximum atomic E-state index is 13.0. The maximum Gasteiger partial charge on any atom is 1.00 e. The van der Waals surface area contributed by atoms with Crippen LogP contribution in [0.25, 0.3) is 0 Å². The summed E-state index contributed by atoms with van der Waals surface area (Å²) >= 11 is 0. The van der Waals surface area contributed by atoms with Crippen molar-refractivity contribution < 1.29 is 212 Å². The number of esters is 1. The Morgan fingerprint density at radius 2 is 0.793 bits per heavy atom. The van der Waals surface area contributed by atoms with Crippen molar-refractivity contribution in [2.45, 2.75) is 315 Å². The van der Waals surface area contributed by atoms with Crippen molar-refractivity contribution in [3.8, 4) is 5.75 Å². The number of alkyl carbamates (subject to hydrolysis) is 2. The van der Waals surface area contributed by atoms with Crippen molar-refractivity contribution in [2.24, 2.45) is 37.6 Å². The number of hydrogen-bond donors (Lipinski definition) is 13. The van der Waals surface area contributed by atoms with Gasteiger partial charge in [0.2, 0.25) is 0 Å². The Labute approximate surface area is 952 Å². The Balaban J connectivity index is -0.000000104. The van der Waals surface area contributed by atoms with Gasteiger partial charge in [-0.15, -0.1) is 21.5 Å². The largest absolute Gasteiger partial charge is 1.00 e. The summed E-state index contributed by atoms with van der Waals surface area (Å²) in [7, 11) is -14.2. The third-order valence-electron chi connectivity index (χ3n) is 15.9. The average molecular weight is 2400 g/mol. The number of aliphatic hydroxyl groups is 2. The Morgan fingerprint density at radius 1 is 0.507 bits per heavy atom. The Morgan fingerprint density at radius 3 is 0.980 bits per heavy atom. The van der Waals surface area contributed by atoms with Crippen molar-refractivity contribution in [1.29, 1.82) is 0 Å². The van der Waals surface area contributed by atoms with Crippen LogP contribution in [-0.4, -0.2) is 255 Å². The molecule has 2 amide bonds. The van der Waals surface area contributed by atoms with E-state index in [-0.39, 0.29) is 134 Å². The number of unbranched alkanes of at least 4 members (excludes halogenated alkanes) is 1. The van der Waals surface area contributed by atoms with Crippen molar-refractivity contribution in [3.05, 3.63) is 109 Å². The standard InChI is InChI=1S/C15H24NO5P.2C12H18NO5P.C10H24NO4PS.C7H15NOS.C7H17O3P.C6H16NO3P.C5H10.C4H11NOS.C4H11NO.C4H9.C3H9O3P.C2H6O3P.CH4O.CH4.ClH.Li.Na.H/c1-5-19-14(17)12(2)20-22(18,11-15(3,4)16)21-13-9-7-6-8-10-13;2*1-12(2,9-19(15,16)17)13-11(14)18-8-10-6-4-3-5-7-10;1-9(2,3)17(13)11-10(4,5)8-16(12,14-6)15-7;1-6(2)8-10(9)7(3,4)5;1-7(2,3)6-11(8,9-4)10-5;1-6(2,7)5-11(8,9-3)10-4;1-5(2)3-4-5;1-4(2,3)7(5)6;1-4(2,5)3-6;1-3-4-2;1-5-7(3,4)6-2;1-4-6(3)5-2;1-2;;;;;/h6-10,12H,5,11,16H2,1-4H3;2*3-7H,8-9H2,1-2H3,(H,13,14)(H2,15,16,17);11H,8H2,1-7H3;1-5H3;6H2,1-5H3;5,7H2,1-4H3;3-4H2,1-2H3;5H2,1-3H3;6H,3,5H2,1-2H3;1,3-4H2,2H3;1-3H3;1-2H3;2H,1H3;1H4;1H;;;/q;;;;;;;;;;-1;;+1;;;;2*+1;-1. The summed E-state index contributed by atoms with van der Waals surface area (Å²) < 4.78 is 201. The Hall–Kier alpha value is -1.69. The first-order chi connectivity index (χ1) is 65.5. The van der Waals surface area contributed by atoms with Crippen LogP contribution in [0.4, 0.5) is 9.59 Å². The predicted molar refractivity (Wildman–Crippen MR) is 609 cm³/mol. The van der Waals surface area contributed by atoms with Crippen molar-refractivity contribution >= 4 is 131 Å². The van der Waals surface area contributed by atoms with Crippen LogP contribution in [0, 0.1) is 17.8 Å². The number of para-hydroxylation sites is 1. The number of ether oxygens (including phenoxy) is 3. The minimum atomic E-state index is -4.19. The molecule has 43 nitrogen and oxygen atoms in total. The molecule has 0 heterocycles. The third kappa shape index (κ3) is 122. The molecule has 57 heteroatoms. The van der Waals surface area contributed by atoms with Gasteiger partial charge in [0.05, 0.1) is 101 Å². The molecule has 17 N–H and O–H groups in total. The van der Waals surface area contributed by atoms with E-state index in [9.17, 15) is 63.5 Å². The van der Waals surface area contributed by atoms with Gasteiger partial charge in [-0.25, -0.2) is 36.3 Å². The van der Waals surface area contributed by atoms with Gasteiger partial charge in [-0.2, -0.15) is 10.8 Å². The average Bonchev–Trinajstić information content (AvgIpc) is 1.54. The van der Waals surface area contributed by atoms with Gasteiger partial charge in [0, 0.05) is 114 Å². The smallest absolute Gasteiger partial charge is 1.00 e. The van der Waals surface area contributed by atoms with Gasteiger partial charge < -0.3 is 121 Å². The van der Waals surface area contributed by atoms with Crippen LogP contribution < -0.4 is 90.6 Å². The summed E-state index contributed by atoms with van der Waals surface area (Å²) in [6.07, 6.45) is 2.69. The Bertz CT molecular complexity index is 4320. The van der Waals surface area contributed by atoms with Gasteiger partial charge >= 0.3 is 128 Å². The summed E-state index contributed by atoms with van der Waals surface area (Å²) in [4.78, 5) is 70.3. The van der Waals surface area contributed by atoms with Crippen molar-refractivity contribution in [2.75, 3.05) is 135 Å². The normalized spacial score (nSPS) is 13.5. The number of benzene rings is 3. The monoisotopic (exact) mass is 2400 g/mol. The number of halogens is 1. The van der Waals surface area contributed by atoms with E-state index in [4.69, 9.17) is 103 Å². The zero-order valence-corrected chi connectivity index (χ0v) is 110. The first-order valence-electron chi connectivity index (χ1n) is 45.6. The quantitative estimate of drug-likeness (QED) is 0.00633. The molecule has 0 aliphatic heterocycles. The molecular formula is C93H198ClLiN8NaO35P8S3+. The van der Waals surface area contributed by atoms with E-state index in [1.165, 1.54) is 132 Å². The van der Waals surface area contributed by atoms with Gasteiger partial charge in [-0.05, 0) is 220 Å². The molecule has 886 valence electrons. The molecule has 5 atom stereocenters. The van der Waals surface area contributed by atoms with Gasteiger partial charge in [-0.1, -0.05) is 134 Å². The second-order valence-electron chi connectivity index (χ2n) is 41.0. The van der Waals surface area contributed by atoms with Crippen LogP contribution in [0.2, 0.25) is 0 Å². The molecule has 0 bridgehead atoms. The molecule has 1 aliphatic rings. The zero-order valence-electron chi connectivity index (χ0n) is 98.8. The molecular weight excluding hydrogens is 2200 g/mol. The van der Waals surface area contributed by atoms with Crippen LogP contribution in [0.1, 0.15) is 260 Å². The molecule has 0 radical (unpaired) electrons. The molecule has 0 saturated heterocycles. The number of aliphatic hydroxyl groups excluding tert-OH is 2. The molecule has 0 spiro atoms. The second-order valence-corrected chi connectivity index (χ2v) is 62.1. The number of nitrogens with one attached hydrogen (secondary N) is 3. The van der Waals surface area contributed by atoms with Gasteiger partial charge in [0.15, 0.2) is 6.10 Å². The molecule has 4 rings (SSSR count). The minimum Gasteiger partial charge on any atom is -1.00 e. The second kappa shape index (κ2) is 87.1. The van der Waals surface area contributed by atoms with E-state index in [1.54, 1.807) is 72.7 Å². The molecule has 1 fully saturated rings. The van der Waals surface area contributed by atoms with E-state index in [0.29, 0.717) is 11.9 Å². The number of hydrogen-bond acceptors (Lipinski definition) is 34. The van der Waals surface area contributed by atoms with Crippen molar-refractivity contribution in [3.63, 3.8) is 0 Å². The number of carbonyl (C=O) groups is 3. The van der Waals surface area contributed by atoms with Gasteiger partial charge in [-0.3, -0.25) is 37.1 Å². The summed E-state index contributed by atoms with van der Waals surface area (Å²) in [5, 5.41) is 25.2. The number of rotatable bonds is 38. The van der Waals surface area contributed by atoms with E-state index >= 15 is 0 Å². The van der Waals surface area contributed by atoms with E-state index in [0.717, 1.165) is 35.8 Å². The number of amides is 2. The topological polar surface area (TPSA) is 651 Å². The molecule has 1 aliphatic carbocycles. The first kappa shape index (κ1) is 178. The molecule has 3 aromatic carbocycles. The molecule has 1 saturated carbocycles. The van der Waals surface area contributed by atoms with Crippen LogP contribution >= 0.6 is 73.8 Å². The summed E-state index contributed by atoms with van der Waals surface area (Å²) in [5.74, 6) is -0.194. The SMILES string of the molecule is C.CC(C)(C)S(N)=O.CC(C)(CP(=O)(O)O)NC(=O)OCc1ccccc1.CC(C)(CP(=O)(O)O)NC(=O)OCc1ccccc1.CC(C)(N)CO.CC(C)=NS(=O)C(C)(C)C.CC1(C)CC1.CCOC(=O)C(C)OP(=O)(CC(C)(C)N)Oc1ccccc1.CO.COP(=O)(CC(C)(C)C)OC.COP(=O)(CC(C)(C)N)OC.COP(=O)(CC(C)(C)NS(=O)C(C)(C)C)OC.COP(C)(=O)OC.CO[P+](=O)OC.Cl.[CH2-]CCC.[H-].[Li+].[Na+]. The summed E-state index contributed by atoms with van der Waals surface area (Å²) in [5.41, 5.74) is 15.8. The molecule has 3 aromatic rings. The van der Waals surface area contributed by atoms with E-state index < -0.39 is 164 Å². The van der Waals surface area contributed by atoms with E-state index in [2.05, 4.69) is 65.5 Å². The minimum absolute atomic E-state index is 0. The number of carbonyl (C=O) groups excluding carboxylic acids is 3. The summed E-state index contributed by atoms with van der Waals surface area (Å²) in [6.45, 7) is 62.2.